The first-order chi connectivity index (χ1) is 10.6. The third-order valence-electron chi connectivity index (χ3n) is 4.54. The molecule has 5 nitrogen and oxygen atoms in total. The lowest BCUT2D eigenvalue weighted by atomic mass is 9.95. The summed E-state index contributed by atoms with van der Waals surface area (Å²) >= 11 is 0. The largest absolute Gasteiger partial charge is 0.392 e. The number of piperidine rings is 1. The Bertz CT molecular complexity index is 599. The summed E-state index contributed by atoms with van der Waals surface area (Å²) in [6, 6.07) is 10.2. The molecule has 3 unspecified atom stereocenters. The molecule has 1 aromatic heterocycles. The number of aromatic nitrogens is 2. The maximum absolute atomic E-state index is 10.0. The molecular formula is C17H23N3O2. The lowest BCUT2D eigenvalue weighted by Gasteiger charge is -2.36. The number of hydrogen-bond donors (Lipinski definition) is 1. The van der Waals surface area contributed by atoms with Crippen molar-refractivity contribution in [2.75, 3.05) is 13.1 Å². The standard InChI is InChI=1S/C17H23N3O2/c1-12-8-9-20(11-15(12)21)13(2)17-18-16(19-22-17)10-14-6-4-3-5-7-14/h3-7,12-13,15,21H,8-11H2,1-2H3. The van der Waals surface area contributed by atoms with Crippen molar-refractivity contribution in [3.05, 3.63) is 47.6 Å². The van der Waals surface area contributed by atoms with Crippen molar-refractivity contribution in [1.29, 1.82) is 0 Å². The van der Waals surface area contributed by atoms with Gasteiger partial charge >= 0.3 is 0 Å². The van der Waals surface area contributed by atoms with Crippen LogP contribution in [0.2, 0.25) is 0 Å². The van der Waals surface area contributed by atoms with Crippen molar-refractivity contribution < 1.29 is 9.63 Å². The van der Waals surface area contributed by atoms with Crippen molar-refractivity contribution in [2.45, 2.75) is 38.8 Å². The number of likely N-dealkylation sites (tertiary alicyclic amines) is 1. The topological polar surface area (TPSA) is 62.4 Å². The van der Waals surface area contributed by atoms with Crippen LogP contribution in [0.15, 0.2) is 34.9 Å². The summed E-state index contributed by atoms with van der Waals surface area (Å²) in [6.45, 7) is 5.77. The van der Waals surface area contributed by atoms with Gasteiger partial charge in [0, 0.05) is 13.0 Å². The minimum absolute atomic E-state index is 0.0409. The minimum Gasteiger partial charge on any atom is -0.392 e. The van der Waals surface area contributed by atoms with Gasteiger partial charge in [-0.3, -0.25) is 4.90 Å². The Balaban J connectivity index is 1.65. The van der Waals surface area contributed by atoms with Crippen LogP contribution < -0.4 is 0 Å². The number of aliphatic hydroxyl groups is 1. The maximum Gasteiger partial charge on any atom is 0.243 e. The van der Waals surface area contributed by atoms with E-state index in [4.69, 9.17) is 4.52 Å². The van der Waals surface area contributed by atoms with Gasteiger partial charge in [0.15, 0.2) is 5.82 Å². The first-order valence-electron chi connectivity index (χ1n) is 7.92. The van der Waals surface area contributed by atoms with Crippen molar-refractivity contribution in [1.82, 2.24) is 15.0 Å². The minimum atomic E-state index is -0.275. The predicted molar refractivity (Wildman–Crippen MR) is 83.3 cm³/mol. The molecule has 0 spiro atoms. The van der Waals surface area contributed by atoms with Crippen LogP contribution in [-0.4, -0.2) is 39.3 Å². The van der Waals surface area contributed by atoms with Gasteiger partial charge in [-0.25, -0.2) is 0 Å². The number of rotatable bonds is 4. The van der Waals surface area contributed by atoms with Gasteiger partial charge in [0.1, 0.15) is 0 Å². The van der Waals surface area contributed by atoms with Crippen LogP contribution in [0.1, 0.15) is 43.6 Å². The highest BCUT2D eigenvalue weighted by atomic mass is 16.5. The van der Waals surface area contributed by atoms with Crippen LogP contribution in [0.3, 0.4) is 0 Å². The van der Waals surface area contributed by atoms with E-state index in [0.29, 0.717) is 30.6 Å². The molecular weight excluding hydrogens is 278 g/mol. The number of β-amino-alcohol motifs (C(OH)–C–C–N with tert-alkyl or cyclic N) is 1. The summed E-state index contributed by atoms with van der Waals surface area (Å²) in [5.74, 6) is 1.70. The zero-order chi connectivity index (χ0) is 15.5. The molecule has 2 heterocycles. The number of aliphatic hydroxyl groups excluding tert-OH is 1. The van der Waals surface area contributed by atoms with Gasteiger partial charge in [0.2, 0.25) is 5.89 Å². The second-order valence-corrected chi connectivity index (χ2v) is 6.22. The Kier molecular flexibility index (Phi) is 4.55. The van der Waals surface area contributed by atoms with Crippen LogP contribution in [0.4, 0.5) is 0 Å². The molecule has 1 saturated heterocycles. The van der Waals surface area contributed by atoms with E-state index in [2.05, 4.69) is 41.0 Å². The molecule has 2 aromatic rings. The Morgan fingerprint density at radius 2 is 2.14 bits per heavy atom. The van der Waals surface area contributed by atoms with E-state index in [9.17, 15) is 5.11 Å². The Morgan fingerprint density at radius 1 is 1.36 bits per heavy atom. The van der Waals surface area contributed by atoms with Crippen LogP contribution in [0.25, 0.3) is 0 Å². The Hall–Kier alpha value is -1.72. The SMILES string of the molecule is CC1CCN(C(C)c2nc(Cc3ccccc3)no2)CC1O. The molecule has 1 fully saturated rings. The zero-order valence-corrected chi connectivity index (χ0v) is 13.1. The fourth-order valence-electron chi connectivity index (χ4n) is 2.87. The Morgan fingerprint density at radius 3 is 2.86 bits per heavy atom. The molecule has 118 valence electrons. The van der Waals surface area contributed by atoms with Crippen LogP contribution in [-0.2, 0) is 6.42 Å². The van der Waals surface area contributed by atoms with Gasteiger partial charge in [0.05, 0.1) is 12.1 Å². The predicted octanol–water partition coefficient (Wildman–Crippen LogP) is 2.42. The van der Waals surface area contributed by atoms with E-state index in [-0.39, 0.29) is 12.1 Å². The van der Waals surface area contributed by atoms with Gasteiger partial charge in [0.25, 0.3) is 0 Å². The summed E-state index contributed by atoms with van der Waals surface area (Å²) in [5.41, 5.74) is 1.17. The van der Waals surface area contributed by atoms with Crippen molar-refractivity contribution >= 4 is 0 Å². The first kappa shape index (κ1) is 15.2. The molecule has 1 aliphatic heterocycles. The van der Waals surface area contributed by atoms with Crippen molar-refractivity contribution in [3.63, 3.8) is 0 Å². The summed E-state index contributed by atoms with van der Waals surface area (Å²) in [5, 5.41) is 14.1. The molecule has 1 N–H and O–H groups in total. The second kappa shape index (κ2) is 6.58. The van der Waals surface area contributed by atoms with E-state index in [0.717, 1.165) is 13.0 Å². The summed E-state index contributed by atoms with van der Waals surface area (Å²) < 4.78 is 5.43. The molecule has 1 aliphatic rings. The van der Waals surface area contributed by atoms with Gasteiger partial charge < -0.3 is 9.63 Å². The third-order valence-corrected chi connectivity index (χ3v) is 4.54. The van der Waals surface area contributed by atoms with Gasteiger partial charge in [-0.15, -0.1) is 0 Å². The molecule has 1 aromatic carbocycles. The van der Waals surface area contributed by atoms with E-state index >= 15 is 0 Å². The van der Waals surface area contributed by atoms with E-state index in [1.165, 1.54) is 5.56 Å². The van der Waals surface area contributed by atoms with Crippen LogP contribution >= 0.6 is 0 Å². The highest BCUT2D eigenvalue weighted by Gasteiger charge is 2.30. The number of hydrogen-bond acceptors (Lipinski definition) is 5. The highest BCUT2D eigenvalue weighted by Crippen LogP contribution is 2.25. The monoisotopic (exact) mass is 301 g/mol. The Labute approximate surface area is 131 Å². The molecule has 3 atom stereocenters. The van der Waals surface area contributed by atoms with Crippen LogP contribution in [0.5, 0.6) is 0 Å². The van der Waals surface area contributed by atoms with Gasteiger partial charge in [-0.2, -0.15) is 4.98 Å². The van der Waals surface area contributed by atoms with E-state index < -0.39 is 0 Å². The molecule has 0 radical (unpaired) electrons. The molecule has 0 bridgehead atoms. The number of nitrogens with zero attached hydrogens (tertiary/aromatic N) is 3. The molecule has 22 heavy (non-hydrogen) atoms. The fourth-order valence-corrected chi connectivity index (χ4v) is 2.87. The lowest BCUT2D eigenvalue weighted by Crippen LogP contribution is -2.43. The average molecular weight is 301 g/mol. The number of benzene rings is 1. The summed E-state index contributed by atoms with van der Waals surface area (Å²) in [6.07, 6.45) is 1.40. The van der Waals surface area contributed by atoms with Gasteiger partial charge in [-0.1, -0.05) is 42.4 Å². The quantitative estimate of drug-likeness (QED) is 0.939. The first-order valence-corrected chi connectivity index (χ1v) is 7.92. The third kappa shape index (κ3) is 3.36. The molecule has 3 rings (SSSR count). The smallest absolute Gasteiger partial charge is 0.243 e. The normalized spacial score (nSPS) is 24.3. The van der Waals surface area contributed by atoms with E-state index in [1.807, 2.05) is 18.2 Å². The second-order valence-electron chi connectivity index (χ2n) is 6.22. The molecule has 0 aliphatic carbocycles. The maximum atomic E-state index is 10.0. The highest BCUT2D eigenvalue weighted by molar-refractivity contribution is 5.18. The van der Waals surface area contributed by atoms with Crippen molar-refractivity contribution in [3.8, 4) is 0 Å². The zero-order valence-electron chi connectivity index (χ0n) is 13.1. The lowest BCUT2D eigenvalue weighted by molar-refractivity contribution is 0.00707. The summed E-state index contributed by atoms with van der Waals surface area (Å²) in [4.78, 5) is 6.74. The fraction of sp³-hybridized carbons (Fsp3) is 0.529. The summed E-state index contributed by atoms with van der Waals surface area (Å²) in [7, 11) is 0. The molecule has 0 amide bonds. The molecule has 5 heteroatoms. The van der Waals surface area contributed by atoms with Gasteiger partial charge in [-0.05, 0) is 31.4 Å². The van der Waals surface area contributed by atoms with E-state index in [1.54, 1.807) is 0 Å². The van der Waals surface area contributed by atoms with Crippen molar-refractivity contribution in [2.24, 2.45) is 5.92 Å². The molecule has 0 saturated carbocycles. The van der Waals surface area contributed by atoms with Crippen LogP contribution in [0, 0.1) is 5.92 Å². The average Bonchev–Trinajstić information content (AvgIpc) is 2.99.